The molecule has 0 unspecified atom stereocenters. The third-order valence-electron chi connectivity index (χ3n) is 3.54. The number of ether oxygens (including phenoxy) is 1. The molecule has 4 heteroatoms. The molecular weight excluding hydrogens is 254 g/mol. The predicted octanol–water partition coefficient (Wildman–Crippen LogP) is 3.45. The van der Waals surface area contributed by atoms with Crippen molar-refractivity contribution < 1.29 is 14.6 Å². The van der Waals surface area contributed by atoms with E-state index in [1.54, 1.807) is 6.07 Å². The normalized spacial score (nSPS) is 13.6. The monoisotopic (exact) mass is 269 g/mol. The summed E-state index contributed by atoms with van der Waals surface area (Å²) in [6.45, 7) is 0. The van der Waals surface area contributed by atoms with Crippen molar-refractivity contribution in [2.24, 2.45) is 0 Å². The van der Waals surface area contributed by atoms with Crippen LogP contribution in [0.4, 0.5) is 0 Å². The Morgan fingerprint density at radius 3 is 2.75 bits per heavy atom. The number of carboxylic acids is 1. The van der Waals surface area contributed by atoms with E-state index in [1.165, 1.54) is 36.2 Å². The molecule has 0 atom stereocenters. The average Bonchev–Trinajstić information content (AvgIpc) is 2.47. The molecule has 1 aliphatic carbocycles. The molecule has 3 rings (SSSR count). The Labute approximate surface area is 117 Å². The summed E-state index contributed by atoms with van der Waals surface area (Å²) in [4.78, 5) is 15.1. The molecule has 1 N–H and O–H groups in total. The second-order valence-electron chi connectivity index (χ2n) is 4.90. The predicted molar refractivity (Wildman–Crippen MR) is 74.4 cm³/mol. The molecule has 0 amide bonds. The summed E-state index contributed by atoms with van der Waals surface area (Å²) in [7, 11) is 0. The highest BCUT2D eigenvalue weighted by Gasteiger charge is 2.14. The lowest BCUT2D eigenvalue weighted by atomic mass is 9.92. The van der Waals surface area contributed by atoms with E-state index >= 15 is 0 Å². The second-order valence-corrected chi connectivity index (χ2v) is 4.90. The minimum Gasteiger partial charge on any atom is -0.477 e. The van der Waals surface area contributed by atoms with Gasteiger partial charge in [-0.05, 0) is 61.1 Å². The number of rotatable bonds is 3. The number of aromatic carboxylic acids is 1. The largest absolute Gasteiger partial charge is 0.477 e. The van der Waals surface area contributed by atoms with Crippen LogP contribution in [0, 0.1) is 0 Å². The van der Waals surface area contributed by atoms with Crippen LogP contribution in [-0.4, -0.2) is 16.1 Å². The molecule has 1 aromatic heterocycles. The first-order chi connectivity index (χ1) is 9.74. The number of aryl methyl sites for hydroxylation is 2. The summed E-state index contributed by atoms with van der Waals surface area (Å²) in [5.41, 5.74) is 2.73. The number of hydrogen-bond acceptors (Lipinski definition) is 3. The SMILES string of the molecule is O=C(O)c1cccnc1Oc1ccc2c(c1)CCCC2. The summed E-state index contributed by atoms with van der Waals surface area (Å²) >= 11 is 0. The smallest absolute Gasteiger partial charge is 0.341 e. The summed E-state index contributed by atoms with van der Waals surface area (Å²) in [5, 5.41) is 9.12. The third-order valence-corrected chi connectivity index (χ3v) is 3.54. The molecule has 4 nitrogen and oxygen atoms in total. The fourth-order valence-electron chi connectivity index (χ4n) is 2.52. The lowest BCUT2D eigenvalue weighted by Gasteiger charge is -2.16. The van der Waals surface area contributed by atoms with Crippen LogP contribution >= 0.6 is 0 Å². The molecule has 1 aromatic carbocycles. The maximum atomic E-state index is 11.1. The van der Waals surface area contributed by atoms with E-state index in [2.05, 4.69) is 11.1 Å². The van der Waals surface area contributed by atoms with Gasteiger partial charge in [0.1, 0.15) is 11.3 Å². The molecule has 0 aliphatic heterocycles. The maximum Gasteiger partial charge on any atom is 0.341 e. The molecule has 102 valence electrons. The van der Waals surface area contributed by atoms with Gasteiger partial charge in [-0.15, -0.1) is 0 Å². The van der Waals surface area contributed by atoms with E-state index in [0.717, 1.165) is 12.8 Å². The van der Waals surface area contributed by atoms with Gasteiger partial charge >= 0.3 is 5.97 Å². The highest BCUT2D eigenvalue weighted by atomic mass is 16.5. The molecule has 0 saturated heterocycles. The molecule has 0 saturated carbocycles. The van der Waals surface area contributed by atoms with Gasteiger partial charge in [-0.2, -0.15) is 0 Å². The Balaban J connectivity index is 1.90. The lowest BCUT2D eigenvalue weighted by Crippen LogP contribution is -2.04. The topological polar surface area (TPSA) is 59.4 Å². The molecule has 0 radical (unpaired) electrons. The molecular formula is C16H15NO3. The molecule has 20 heavy (non-hydrogen) atoms. The van der Waals surface area contributed by atoms with Gasteiger partial charge in [0.2, 0.25) is 5.88 Å². The van der Waals surface area contributed by atoms with Gasteiger partial charge in [-0.1, -0.05) is 6.07 Å². The van der Waals surface area contributed by atoms with Crippen LogP contribution in [0.5, 0.6) is 11.6 Å². The minimum atomic E-state index is -1.04. The van der Waals surface area contributed by atoms with Crippen LogP contribution < -0.4 is 4.74 Å². The number of nitrogens with zero attached hydrogens (tertiary/aromatic N) is 1. The zero-order valence-corrected chi connectivity index (χ0v) is 11.0. The van der Waals surface area contributed by atoms with E-state index in [1.807, 2.05) is 12.1 Å². The van der Waals surface area contributed by atoms with Crippen LogP contribution in [0.2, 0.25) is 0 Å². The molecule has 1 aliphatic rings. The first-order valence-electron chi connectivity index (χ1n) is 6.72. The van der Waals surface area contributed by atoms with E-state index in [4.69, 9.17) is 9.84 Å². The first-order valence-corrected chi connectivity index (χ1v) is 6.72. The van der Waals surface area contributed by atoms with Crippen molar-refractivity contribution in [2.75, 3.05) is 0 Å². The van der Waals surface area contributed by atoms with Crippen molar-refractivity contribution in [1.82, 2.24) is 4.98 Å². The first kappa shape index (κ1) is 12.7. The summed E-state index contributed by atoms with van der Waals surface area (Å²) < 4.78 is 5.64. The number of fused-ring (bicyclic) bond motifs is 1. The molecule has 0 fully saturated rings. The van der Waals surface area contributed by atoms with Crippen LogP contribution in [0.3, 0.4) is 0 Å². The minimum absolute atomic E-state index is 0.0743. The fraction of sp³-hybridized carbons (Fsp3) is 0.250. The van der Waals surface area contributed by atoms with E-state index < -0.39 is 5.97 Å². The molecule has 1 heterocycles. The Morgan fingerprint density at radius 1 is 1.15 bits per heavy atom. The highest BCUT2D eigenvalue weighted by Crippen LogP contribution is 2.28. The van der Waals surface area contributed by atoms with Crippen LogP contribution in [-0.2, 0) is 12.8 Å². The van der Waals surface area contributed by atoms with Crippen LogP contribution in [0.15, 0.2) is 36.5 Å². The molecule has 2 aromatic rings. The van der Waals surface area contributed by atoms with Crippen molar-refractivity contribution in [3.63, 3.8) is 0 Å². The highest BCUT2D eigenvalue weighted by molar-refractivity contribution is 5.90. The van der Waals surface area contributed by atoms with Crippen LogP contribution in [0.25, 0.3) is 0 Å². The maximum absolute atomic E-state index is 11.1. The average molecular weight is 269 g/mol. The zero-order chi connectivity index (χ0) is 13.9. The quantitative estimate of drug-likeness (QED) is 0.927. The molecule has 0 bridgehead atoms. The summed E-state index contributed by atoms with van der Waals surface area (Å²) in [6.07, 6.45) is 6.12. The van der Waals surface area contributed by atoms with Crippen LogP contribution in [0.1, 0.15) is 34.3 Å². The van der Waals surface area contributed by atoms with E-state index in [-0.39, 0.29) is 11.4 Å². The van der Waals surface area contributed by atoms with Crippen molar-refractivity contribution in [3.8, 4) is 11.6 Å². The summed E-state index contributed by atoms with van der Waals surface area (Å²) in [6, 6.07) is 9.01. The number of carbonyl (C=O) groups is 1. The van der Waals surface area contributed by atoms with Crippen molar-refractivity contribution in [3.05, 3.63) is 53.2 Å². The summed E-state index contributed by atoms with van der Waals surface area (Å²) in [5.74, 6) is -0.256. The van der Waals surface area contributed by atoms with Gasteiger partial charge in [0.25, 0.3) is 0 Å². The number of carboxylic acid groups (broad SMARTS) is 1. The van der Waals surface area contributed by atoms with Gasteiger partial charge in [0.05, 0.1) is 0 Å². The standard InChI is InChI=1S/C16H15NO3/c18-16(19)14-6-3-9-17-15(14)20-13-8-7-11-4-1-2-5-12(11)10-13/h3,6-10H,1-2,4-5H2,(H,18,19). The van der Waals surface area contributed by atoms with Gasteiger partial charge in [-0.25, -0.2) is 9.78 Å². The Kier molecular flexibility index (Phi) is 3.37. The van der Waals surface area contributed by atoms with Crippen molar-refractivity contribution >= 4 is 5.97 Å². The van der Waals surface area contributed by atoms with Crippen molar-refractivity contribution in [1.29, 1.82) is 0 Å². The number of pyridine rings is 1. The Hall–Kier alpha value is -2.36. The molecule has 0 spiro atoms. The number of benzene rings is 1. The van der Waals surface area contributed by atoms with Gasteiger partial charge < -0.3 is 9.84 Å². The fourth-order valence-corrected chi connectivity index (χ4v) is 2.52. The zero-order valence-electron chi connectivity index (χ0n) is 11.0. The Morgan fingerprint density at radius 2 is 1.95 bits per heavy atom. The lowest BCUT2D eigenvalue weighted by molar-refractivity contribution is 0.0693. The van der Waals surface area contributed by atoms with Gasteiger partial charge in [0.15, 0.2) is 0 Å². The van der Waals surface area contributed by atoms with Gasteiger partial charge in [0, 0.05) is 6.20 Å². The van der Waals surface area contributed by atoms with E-state index in [0.29, 0.717) is 5.75 Å². The number of hydrogen-bond donors (Lipinski definition) is 1. The van der Waals surface area contributed by atoms with Crippen molar-refractivity contribution in [2.45, 2.75) is 25.7 Å². The second kappa shape index (κ2) is 5.33. The Bertz CT molecular complexity index is 652. The van der Waals surface area contributed by atoms with Gasteiger partial charge in [-0.3, -0.25) is 0 Å². The number of aromatic nitrogens is 1. The third kappa shape index (κ3) is 2.50. The van der Waals surface area contributed by atoms with E-state index in [9.17, 15) is 4.79 Å².